The van der Waals surface area contributed by atoms with Crippen molar-refractivity contribution in [1.29, 1.82) is 0 Å². The predicted molar refractivity (Wildman–Crippen MR) is 110 cm³/mol. The highest BCUT2D eigenvalue weighted by Gasteiger charge is 2.14. The van der Waals surface area contributed by atoms with Crippen molar-refractivity contribution in [3.8, 4) is 5.75 Å². The summed E-state index contributed by atoms with van der Waals surface area (Å²) in [4.78, 5) is 14.3. The van der Waals surface area contributed by atoms with Gasteiger partial charge in [-0.05, 0) is 43.4 Å². The van der Waals surface area contributed by atoms with Crippen molar-refractivity contribution < 1.29 is 17.9 Å². The predicted octanol–water partition coefficient (Wildman–Crippen LogP) is 3.59. The van der Waals surface area contributed by atoms with Crippen LogP contribution in [0.15, 0.2) is 45.8 Å². The van der Waals surface area contributed by atoms with Gasteiger partial charge in [-0.15, -0.1) is 0 Å². The fourth-order valence-electron chi connectivity index (χ4n) is 2.48. The molecule has 2 aromatic rings. The normalized spacial score (nSPS) is 11.5. The fourth-order valence-corrected chi connectivity index (χ4v) is 3.70. The lowest BCUT2D eigenvalue weighted by Gasteiger charge is -2.18. The Labute approximate surface area is 172 Å². The maximum Gasteiger partial charge on any atom is 0.238 e. The van der Waals surface area contributed by atoms with Crippen molar-refractivity contribution in [2.45, 2.75) is 11.4 Å². The molecule has 0 aliphatic carbocycles. The summed E-state index contributed by atoms with van der Waals surface area (Å²) in [5, 5.41) is 2.93. The molecule has 9 heteroatoms. The van der Waals surface area contributed by atoms with E-state index in [0.29, 0.717) is 6.54 Å². The average Bonchev–Trinajstić information content (AvgIpc) is 2.55. The maximum absolute atomic E-state index is 12.3. The lowest BCUT2D eigenvalue weighted by Crippen LogP contribution is -2.30. The molecule has 1 N–H and O–H groups in total. The van der Waals surface area contributed by atoms with E-state index in [0.717, 1.165) is 22.0 Å². The number of carbonyl (C=O) groups excluding carboxylic acids is 1. The molecule has 0 fully saturated rings. The van der Waals surface area contributed by atoms with Crippen LogP contribution in [0, 0.1) is 0 Å². The Bertz CT molecular complexity index is 950. The number of carbonyl (C=O) groups is 1. The summed E-state index contributed by atoms with van der Waals surface area (Å²) in [5.41, 5.74) is 1.19. The van der Waals surface area contributed by atoms with Gasteiger partial charge in [0, 0.05) is 22.8 Å². The summed E-state index contributed by atoms with van der Waals surface area (Å²) < 4.78 is 29.6. The first-order valence-corrected chi connectivity index (χ1v) is 11.0. The van der Waals surface area contributed by atoms with Crippen LogP contribution < -0.4 is 10.1 Å². The Morgan fingerprint density at radius 2 is 1.96 bits per heavy atom. The number of ether oxygens (including phenoxy) is 1. The number of hydrogen-bond donors (Lipinski definition) is 1. The van der Waals surface area contributed by atoms with Gasteiger partial charge in [-0.1, -0.05) is 27.5 Å². The summed E-state index contributed by atoms with van der Waals surface area (Å²) in [6.45, 7) is 0.586. The fraction of sp³-hybridized carbons (Fsp3) is 0.278. The van der Waals surface area contributed by atoms with Gasteiger partial charge in [-0.25, -0.2) is 8.42 Å². The molecule has 0 atom stereocenters. The molecule has 27 heavy (non-hydrogen) atoms. The van der Waals surface area contributed by atoms with Crippen molar-refractivity contribution in [2.75, 3.05) is 32.3 Å². The monoisotopic (exact) mass is 474 g/mol. The molecular weight excluding hydrogens is 456 g/mol. The Kier molecular flexibility index (Phi) is 7.27. The molecule has 0 heterocycles. The van der Waals surface area contributed by atoms with Crippen LogP contribution >= 0.6 is 27.5 Å². The zero-order chi connectivity index (χ0) is 20.2. The van der Waals surface area contributed by atoms with Gasteiger partial charge in [0.25, 0.3) is 0 Å². The standard InChI is InChI=1S/C18H20BrClN2O4S/c1-22(10-12-8-13(19)4-7-17(12)26-2)11-18(23)21-16-9-14(27(3,24)25)5-6-15(16)20/h4-9H,10-11H2,1-3H3,(H,21,23). The van der Waals surface area contributed by atoms with Crippen molar-refractivity contribution in [3.63, 3.8) is 0 Å². The third-order valence-electron chi connectivity index (χ3n) is 3.74. The molecule has 0 aliphatic rings. The summed E-state index contributed by atoms with van der Waals surface area (Å²) >= 11 is 9.49. The van der Waals surface area contributed by atoms with E-state index in [1.54, 1.807) is 14.2 Å². The maximum atomic E-state index is 12.3. The number of halogens is 2. The average molecular weight is 476 g/mol. The molecule has 146 valence electrons. The van der Waals surface area contributed by atoms with Crippen molar-refractivity contribution in [2.24, 2.45) is 0 Å². The number of nitrogens with one attached hydrogen (secondary N) is 1. The van der Waals surface area contributed by atoms with Crippen LogP contribution in [-0.2, 0) is 21.2 Å². The number of benzene rings is 2. The van der Waals surface area contributed by atoms with E-state index < -0.39 is 9.84 Å². The highest BCUT2D eigenvalue weighted by Crippen LogP contribution is 2.26. The van der Waals surface area contributed by atoms with Gasteiger partial charge in [-0.3, -0.25) is 9.69 Å². The van der Waals surface area contributed by atoms with Crippen LogP contribution in [0.5, 0.6) is 5.75 Å². The molecular formula is C18H20BrClN2O4S. The second-order valence-electron chi connectivity index (χ2n) is 6.09. The summed E-state index contributed by atoms with van der Waals surface area (Å²) in [7, 11) is 0.00142. The van der Waals surface area contributed by atoms with Crippen molar-refractivity contribution in [1.82, 2.24) is 4.90 Å². The van der Waals surface area contributed by atoms with Crippen LogP contribution in [0.25, 0.3) is 0 Å². The van der Waals surface area contributed by atoms with E-state index >= 15 is 0 Å². The molecule has 2 aromatic carbocycles. The van der Waals surface area contributed by atoms with E-state index in [-0.39, 0.29) is 28.1 Å². The number of rotatable bonds is 7. The van der Waals surface area contributed by atoms with Crippen LogP contribution in [0.2, 0.25) is 5.02 Å². The molecule has 0 aliphatic heterocycles. The zero-order valence-electron chi connectivity index (χ0n) is 15.1. The number of likely N-dealkylation sites (N-methyl/N-ethyl adjacent to an activating group) is 1. The molecule has 0 radical (unpaired) electrons. The number of nitrogens with zero attached hydrogens (tertiary/aromatic N) is 1. The van der Waals surface area contributed by atoms with E-state index in [1.807, 2.05) is 23.1 Å². The minimum atomic E-state index is -3.39. The van der Waals surface area contributed by atoms with Crippen molar-refractivity contribution >= 4 is 49.0 Å². The Morgan fingerprint density at radius 3 is 2.59 bits per heavy atom. The number of methoxy groups -OCH3 is 1. The molecule has 6 nitrogen and oxygen atoms in total. The Hall–Kier alpha value is -1.61. The highest BCUT2D eigenvalue weighted by atomic mass is 79.9. The highest BCUT2D eigenvalue weighted by molar-refractivity contribution is 9.10. The SMILES string of the molecule is COc1ccc(Br)cc1CN(C)CC(=O)Nc1cc(S(C)(=O)=O)ccc1Cl. The minimum absolute atomic E-state index is 0.0921. The summed E-state index contributed by atoms with van der Waals surface area (Å²) in [6.07, 6.45) is 1.10. The van der Waals surface area contributed by atoms with E-state index in [1.165, 1.54) is 18.2 Å². The topological polar surface area (TPSA) is 75.7 Å². The second kappa shape index (κ2) is 9.05. The molecule has 0 spiro atoms. The molecule has 2 rings (SSSR count). The first-order chi connectivity index (χ1) is 12.6. The molecule has 0 saturated heterocycles. The lowest BCUT2D eigenvalue weighted by atomic mass is 10.2. The van der Waals surface area contributed by atoms with Gasteiger partial charge < -0.3 is 10.1 Å². The van der Waals surface area contributed by atoms with Crippen LogP contribution in [0.3, 0.4) is 0 Å². The zero-order valence-corrected chi connectivity index (χ0v) is 18.3. The molecule has 0 saturated carbocycles. The number of hydrogen-bond acceptors (Lipinski definition) is 5. The van der Waals surface area contributed by atoms with Gasteiger partial charge in [0.05, 0.1) is 29.3 Å². The van der Waals surface area contributed by atoms with Gasteiger partial charge >= 0.3 is 0 Å². The molecule has 1 amide bonds. The summed E-state index contributed by atoms with van der Waals surface area (Å²) in [5.74, 6) is 0.424. The van der Waals surface area contributed by atoms with Crippen LogP contribution in [-0.4, -0.2) is 46.2 Å². The van der Waals surface area contributed by atoms with Gasteiger partial charge in [0.2, 0.25) is 5.91 Å². The third-order valence-corrected chi connectivity index (χ3v) is 5.67. The minimum Gasteiger partial charge on any atom is -0.496 e. The Morgan fingerprint density at radius 1 is 1.26 bits per heavy atom. The quantitative estimate of drug-likeness (QED) is 0.662. The van der Waals surface area contributed by atoms with E-state index in [4.69, 9.17) is 16.3 Å². The van der Waals surface area contributed by atoms with E-state index in [9.17, 15) is 13.2 Å². The molecule has 0 unspecified atom stereocenters. The molecule has 0 bridgehead atoms. The smallest absolute Gasteiger partial charge is 0.238 e. The largest absolute Gasteiger partial charge is 0.496 e. The van der Waals surface area contributed by atoms with Crippen LogP contribution in [0.1, 0.15) is 5.56 Å². The van der Waals surface area contributed by atoms with Gasteiger partial charge in [0.1, 0.15) is 5.75 Å². The number of anilines is 1. The third kappa shape index (κ3) is 6.21. The van der Waals surface area contributed by atoms with Crippen LogP contribution in [0.4, 0.5) is 5.69 Å². The molecule has 0 aromatic heterocycles. The van der Waals surface area contributed by atoms with Gasteiger partial charge in [-0.2, -0.15) is 0 Å². The number of amides is 1. The lowest BCUT2D eigenvalue weighted by molar-refractivity contribution is -0.117. The van der Waals surface area contributed by atoms with Gasteiger partial charge in [0.15, 0.2) is 9.84 Å². The number of sulfone groups is 1. The van der Waals surface area contributed by atoms with Crippen molar-refractivity contribution in [3.05, 3.63) is 51.5 Å². The van der Waals surface area contributed by atoms with E-state index in [2.05, 4.69) is 21.2 Å². The second-order valence-corrected chi connectivity index (χ2v) is 9.43. The first-order valence-electron chi connectivity index (χ1n) is 7.90. The first kappa shape index (κ1) is 21.7. The summed E-state index contributed by atoms with van der Waals surface area (Å²) in [6, 6.07) is 9.87. The Balaban J connectivity index is 2.07.